The Hall–Kier alpha value is -1.38. The molecule has 0 unspecified atom stereocenters. The molecule has 1 saturated carbocycles. The lowest BCUT2D eigenvalue weighted by atomic mass is 9.85. The molecule has 0 bridgehead atoms. The minimum Gasteiger partial charge on any atom is -0.494 e. The zero-order valence-electron chi connectivity index (χ0n) is 10.8. The van der Waals surface area contributed by atoms with Crippen LogP contribution in [0.15, 0.2) is 18.2 Å². The summed E-state index contributed by atoms with van der Waals surface area (Å²) in [6, 6.07) is 5.96. The molecule has 1 aromatic rings. The van der Waals surface area contributed by atoms with Gasteiger partial charge in [-0.3, -0.25) is 0 Å². The molecular formula is C14H22N2O. The van der Waals surface area contributed by atoms with E-state index in [0.717, 1.165) is 29.6 Å². The molecule has 1 aliphatic rings. The zero-order chi connectivity index (χ0) is 12.3. The van der Waals surface area contributed by atoms with Gasteiger partial charge in [0.1, 0.15) is 5.75 Å². The molecular weight excluding hydrogens is 212 g/mol. The fraction of sp³-hybridized carbons (Fsp3) is 0.571. The molecule has 17 heavy (non-hydrogen) atoms. The number of benzene rings is 1. The van der Waals surface area contributed by atoms with Gasteiger partial charge in [0, 0.05) is 37.1 Å². The van der Waals surface area contributed by atoms with Gasteiger partial charge < -0.3 is 15.4 Å². The number of rotatable bonds is 5. The van der Waals surface area contributed by atoms with Crippen LogP contribution in [0.3, 0.4) is 0 Å². The molecule has 2 N–H and O–H groups in total. The smallest absolute Gasteiger partial charge is 0.123 e. The largest absolute Gasteiger partial charge is 0.494 e. The first-order valence-corrected chi connectivity index (χ1v) is 6.43. The maximum atomic E-state index is 5.90. The number of nitrogen functional groups attached to an aromatic ring is 1. The Balaban J connectivity index is 2.06. The van der Waals surface area contributed by atoms with Crippen LogP contribution in [0.4, 0.5) is 11.4 Å². The average Bonchev–Trinajstić information content (AvgIpc) is 2.23. The first-order valence-electron chi connectivity index (χ1n) is 6.43. The molecule has 0 radical (unpaired) electrons. The second-order valence-electron chi connectivity index (χ2n) is 4.87. The predicted molar refractivity (Wildman–Crippen MR) is 72.6 cm³/mol. The lowest BCUT2D eigenvalue weighted by Gasteiger charge is -2.31. The van der Waals surface area contributed by atoms with Crippen molar-refractivity contribution in [3.05, 3.63) is 18.2 Å². The molecule has 0 atom stereocenters. The number of nitrogens with zero attached hydrogens (tertiary/aromatic N) is 1. The Morgan fingerprint density at radius 2 is 2.12 bits per heavy atom. The second-order valence-corrected chi connectivity index (χ2v) is 4.87. The molecule has 0 aromatic heterocycles. The van der Waals surface area contributed by atoms with Gasteiger partial charge in [-0.1, -0.05) is 6.42 Å². The summed E-state index contributed by atoms with van der Waals surface area (Å²) in [6.07, 6.45) is 4.12. The van der Waals surface area contributed by atoms with Gasteiger partial charge in [0.05, 0.1) is 6.61 Å². The van der Waals surface area contributed by atoms with Gasteiger partial charge in [0.15, 0.2) is 0 Å². The molecule has 0 amide bonds. The number of hydrogen-bond donors (Lipinski definition) is 1. The van der Waals surface area contributed by atoms with E-state index in [-0.39, 0.29) is 0 Å². The highest BCUT2D eigenvalue weighted by Crippen LogP contribution is 2.30. The molecule has 1 aliphatic carbocycles. The molecule has 0 heterocycles. The van der Waals surface area contributed by atoms with Crippen LogP contribution in [-0.2, 0) is 0 Å². The predicted octanol–water partition coefficient (Wildman–Crippen LogP) is 2.90. The van der Waals surface area contributed by atoms with Gasteiger partial charge in [0.2, 0.25) is 0 Å². The first kappa shape index (κ1) is 12.1. The summed E-state index contributed by atoms with van der Waals surface area (Å²) in [6.45, 7) is 3.78. The maximum absolute atomic E-state index is 5.90. The Kier molecular flexibility index (Phi) is 3.77. The number of hydrogen-bond acceptors (Lipinski definition) is 3. The van der Waals surface area contributed by atoms with Crippen LogP contribution in [0.25, 0.3) is 0 Å². The highest BCUT2D eigenvalue weighted by molar-refractivity contribution is 5.60. The first-order chi connectivity index (χ1) is 8.19. The Labute approximate surface area is 104 Å². The van der Waals surface area contributed by atoms with E-state index in [4.69, 9.17) is 10.5 Å². The fourth-order valence-electron chi connectivity index (χ4n) is 2.24. The lowest BCUT2D eigenvalue weighted by molar-refractivity contribution is 0.321. The lowest BCUT2D eigenvalue weighted by Crippen LogP contribution is -2.29. The van der Waals surface area contributed by atoms with Crippen molar-refractivity contribution in [2.45, 2.75) is 26.2 Å². The van der Waals surface area contributed by atoms with E-state index in [9.17, 15) is 0 Å². The van der Waals surface area contributed by atoms with E-state index >= 15 is 0 Å². The van der Waals surface area contributed by atoms with Crippen molar-refractivity contribution in [3.63, 3.8) is 0 Å². The standard InChI is InChI=1S/C14H22N2O/c1-3-17-14-8-12(15)7-13(9-14)16(2)10-11-5-4-6-11/h7-9,11H,3-6,10,15H2,1-2H3. The molecule has 1 aromatic carbocycles. The van der Waals surface area contributed by atoms with Gasteiger partial charge in [-0.05, 0) is 31.7 Å². The molecule has 0 saturated heterocycles. The maximum Gasteiger partial charge on any atom is 0.123 e. The van der Waals surface area contributed by atoms with Crippen molar-refractivity contribution in [1.82, 2.24) is 0 Å². The van der Waals surface area contributed by atoms with Gasteiger partial charge in [-0.25, -0.2) is 0 Å². The summed E-state index contributed by atoms with van der Waals surface area (Å²) in [7, 11) is 2.13. The van der Waals surface area contributed by atoms with E-state index in [1.165, 1.54) is 19.3 Å². The van der Waals surface area contributed by atoms with Crippen LogP contribution in [0.1, 0.15) is 26.2 Å². The number of nitrogens with two attached hydrogens (primary N) is 1. The van der Waals surface area contributed by atoms with Crippen LogP contribution in [0.5, 0.6) is 5.75 Å². The van der Waals surface area contributed by atoms with Crippen molar-refractivity contribution in [1.29, 1.82) is 0 Å². The summed E-state index contributed by atoms with van der Waals surface area (Å²) < 4.78 is 5.52. The van der Waals surface area contributed by atoms with E-state index < -0.39 is 0 Å². The summed E-state index contributed by atoms with van der Waals surface area (Å²) in [5.74, 6) is 1.72. The van der Waals surface area contributed by atoms with E-state index in [2.05, 4.69) is 18.0 Å². The van der Waals surface area contributed by atoms with Crippen molar-refractivity contribution in [2.24, 2.45) is 5.92 Å². The van der Waals surface area contributed by atoms with Gasteiger partial charge >= 0.3 is 0 Å². The summed E-state index contributed by atoms with van der Waals surface area (Å²) in [5, 5.41) is 0. The molecule has 0 spiro atoms. The third-order valence-electron chi connectivity index (χ3n) is 3.42. The van der Waals surface area contributed by atoms with Crippen molar-refractivity contribution in [3.8, 4) is 5.75 Å². The summed E-state index contributed by atoms with van der Waals surface area (Å²) in [5.41, 5.74) is 7.82. The third kappa shape index (κ3) is 3.05. The monoisotopic (exact) mass is 234 g/mol. The minimum absolute atomic E-state index is 0.676. The van der Waals surface area contributed by atoms with Crippen LogP contribution in [0.2, 0.25) is 0 Å². The van der Waals surface area contributed by atoms with Crippen molar-refractivity contribution in [2.75, 3.05) is 30.8 Å². The van der Waals surface area contributed by atoms with Crippen LogP contribution in [0, 0.1) is 5.92 Å². The highest BCUT2D eigenvalue weighted by atomic mass is 16.5. The Bertz CT molecular complexity index is 374. The van der Waals surface area contributed by atoms with E-state index in [0.29, 0.717) is 6.61 Å². The minimum atomic E-state index is 0.676. The zero-order valence-corrected chi connectivity index (χ0v) is 10.8. The molecule has 0 aliphatic heterocycles. The number of anilines is 2. The molecule has 3 nitrogen and oxygen atoms in total. The van der Waals surface area contributed by atoms with Crippen molar-refractivity contribution >= 4 is 11.4 Å². The van der Waals surface area contributed by atoms with E-state index in [1.54, 1.807) is 0 Å². The van der Waals surface area contributed by atoms with E-state index in [1.807, 2.05) is 19.1 Å². The second kappa shape index (κ2) is 5.30. The quantitative estimate of drug-likeness (QED) is 0.796. The van der Waals surface area contributed by atoms with Gasteiger partial charge in [-0.15, -0.1) is 0 Å². The molecule has 1 fully saturated rings. The third-order valence-corrected chi connectivity index (χ3v) is 3.42. The molecule has 3 heteroatoms. The number of ether oxygens (including phenoxy) is 1. The SMILES string of the molecule is CCOc1cc(N)cc(N(C)CC2CCC2)c1. The van der Waals surface area contributed by atoms with Gasteiger partial charge in [0.25, 0.3) is 0 Å². The Morgan fingerprint density at radius 1 is 1.35 bits per heavy atom. The fourth-order valence-corrected chi connectivity index (χ4v) is 2.24. The summed E-state index contributed by atoms with van der Waals surface area (Å²) >= 11 is 0. The highest BCUT2D eigenvalue weighted by Gasteiger charge is 2.19. The summed E-state index contributed by atoms with van der Waals surface area (Å²) in [4.78, 5) is 2.28. The van der Waals surface area contributed by atoms with Crippen LogP contribution < -0.4 is 15.4 Å². The average molecular weight is 234 g/mol. The Morgan fingerprint density at radius 3 is 2.71 bits per heavy atom. The molecule has 94 valence electrons. The topological polar surface area (TPSA) is 38.5 Å². The van der Waals surface area contributed by atoms with Crippen LogP contribution >= 0.6 is 0 Å². The van der Waals surface area contributed by atoms with Crippen molar-refractivity contribution < 1.29 is 4.74 Å². The molecule has 2 rings (SSSR count). The normalized spacial score (nSPS) is 15.4. The van der Waals surface area contributed by atoms with Gasteiger partial charge in [-0.2, -0.15) is 0 Å². The van der Waals surface area contributed by atoms with Crippen LogP contribution in [-0.4, -0.2) is 20.2 Å².